The number of nitriles is 1. The van der Waals surface area contributed by atoms with E-state index in [1.54, 1.807) is 18.1 Å². The molecule has 0 radical (unpaired) electrons. The number of Topliss-reactive ketones (excluding diaryl/α,β-unsaturated/α-hetero) is 1. The second-order valence-corrected chi connectivity index (χ2v) is 10.3. The molecule has 9 heteroatoms. The third-order valence-corrected chi connectivity index (χ3v) is 8.30. The summed E-state index contributed by atoms with van der Waals surface area (Å²) in [6, 6.07) is 7.57. The van der Waals surface area contributed by atoms with Crippen LogP contribution < -0.4 is 10.1 Å². The van der Waals surface area contributed by atoms with Crippen LogP contribution in [0.2, 0.25) is 0 Å². The number of aliphatic hydroxyl groups excluding tert-OH is 1. The Bertz CT molecular complexity index is 1220. The van der Waals surface area contributed by atoms with Crippen LogP contribution in [0.4, 0.5) is 0 Å². The van der Waals surface area contributed by atoms with Gasteiger partial charge in [0.05, 0.1) is 19.2 Å². The van der Waals surface area contributed by atoms with Gasteiger partial charge < -0.3 is 25.0 Å². The fourth-order valence-corrected chi connectivity index (χ4v) is 6.49. The molecule has 1 aliphatic heterocycles. The number of ether oxygens (including phenoxy) is 1. The van der Waals surface area contributed by atoms with Crippen molar-refractivity contribution >= 4 is 28.5 Å². The van der Waals surface area contributed by atoms with Crippen LogP contribution in [0.25, 0.3) is 10.9 Å². The van der Waals surface area contributed by atoms with Crippen molar-refractivity contribution in [2.75, 3.05) is 13.7 Å². The van der Waals surface area contributed by atoms with Crippen LogP contribution in [0.1, 0.15) is 55.4 Å². The number of benzene rings is 1. The number of aromatic nitrogens is 1. The molecule has 3 fully saturated rings. The summed E-state index contributed by atoms with van der Waals surface area (Å²) in [5.41, 5.74) is 1.16. The van der Waals surface area contributed by atoms with Crippen molar-refractivity contribution in [1.82, 2.24) is 15.2 Å². The summed E-state index contributed by atoms with van der Waals surface area (Å²) < 4.78 is 5.42. The number of rotatable bonds is 7. The number of hydrogen-bond donors (Lipinski definition) is 3. The molecule has 1 saturated heterocycles. The number of nitrogens with zero attached hydrogens (tertiary/aromatic N) is 2. The molecule has 6 atom stereocenters. The molecule has 2 aliphatic carbocycles. The molecular weight excluding hydrogens is 460 g/mol. The third kappa shape index (κ3) is 4.35. The Morgan fingerprint density at radius 3 is 2.86 bits per heavy atom. The Balaban J connectivity index is 1.39. The molecule has 3 N–H and O–H groups in total. The van der Waals surface area contributed by atoms with Gasteiger partial charge in [0.15, 0.2) is 6.10 Å². The maximum absolute atomic E-state index is 13.7. The molecular formula is C27H32N4O5. The van der Waals surface area contributed by atoms with Crippen LogP contribution in [0.5, 0.6) is 5.75 Å². The number of aliphatic hydroxyl groups is 1. The van der Waals surface area contributed by atoms with Crippen LogP contribution in [-0.2, 0) is 9.59 Å². The first-order chi connectivity index (χ1) is 17.4. The quantitative estimate of drug-likeness (QED) is 0.508. The van der Waals surface area contributed by atoms with Crippen molar-refractivity contribution in [1.29, 1.82) is 5.26 Å². The highest BCUT2D eigenvalue weighted by Crippen LogP contribution is 2.43. The number of carbonyl (C=O) groups is 3. The van der Waals surface area contributed by atoms with Crippen molar-refractivity contribution in [3.63, 3.8) is 0 Å². The van der Waals surface area contributed by atoms with Crippen molar-refractivity contribution in [3.8, 4) is 11.8 Å². The molecule has 1 aromatic carbocycles. The Labute approximate surface area is 209 Å². The van der Waals surface area contributed by atoms with Gasteiger partial charge in [-0.1, -0.05) is 12.5 Å². The Morgan fingerprint density at radius 1 is 1.31 bits per heavy atom. The molecule has 2 aromatic rings. The minimum atomic E-state index is -1.42. The van der Waals surface area contributed by atoms with E-state index in [9.17, 15) is 24.8 Å². The fraction of sp³-hybridized carbons (Fsp3) is 0.556. The Hall–Kier alpha value is -3.38. The maximum Gasteiger partial charge on any atom is 0.271 e. The minimum absolute atomic E-state index is 0.0286. The molecule has 2 heterocycles. The van der Waals surface area contributed by atoms with Crippen LogP contribution >= 0.6 is 0 Å². The predicted molar refractivity (Wildman–Crippen MR) is 131 cm³/mol. The second-order valence-electron chi connectivity index (χ2n) is 10.3. The number of aromatic amines is 1. The Morgan fingerprint density at radius 2 is 2.14 bits per heavy atom. The zero-order chi connectivity index (χ0) is 25.4. The molecule has 36 heavy (non-hydrogen) atoms. The monoisotopic (exact) mass is 492 g/mol. The number of carbonyl (C=O) groups excluding carboxylic acids is 3. The number of ketones is 1. The zero-order valence-electron chi connectivity index (χ0n) is 20.4. The lowest BCUT2D eigenvalue weighted by atomic mass is 9.91. The molecule has 190 valence electrons. The summed E-state index contributed by atoms with van der Waals surface area (Å²) >= 11 is 0. The highest BCUT2D eigenvalue weighted by Gasteiger charge is 2.50. The number of hydrogen-bond acceptors (Lipinski definition) is 6. The van der Waals surface area contributed by atoms with Gasteiger partial charge in [0.2, 0.25) is 5.91 Å². The summed E-state index contributed by atoms with van der Waals surface area (Å²) in [7, 11) is 1.58. The topological polar surface area (TPSA) is 136 Å². The first-order valence-corrected chi connectivity index (χ1v) is 12.8. The molecule has 3 aliphatic rings. The molecule has 0 spiro atoms. The number of methoxy groups -OCH3 is 1. The van der Waals surface area contributed by atoms with Crippen molar-refractivity contribution < 1.29 is 24.2 Å². The SMILES string of the molecule is COc1cccc2[nH]c(C(=O)N3CC4CCCC4C3C(=O)NC(CC3CCCC3=O)C(O)C#N)cc12. The summed E-state index contributed by atoms with van der Waals surface area (Å²) in [6.45, 7) is 0.487. The van der Waals surface area contributed by atoms with E-state index in [2.05, 4.69) is 10.3 Å². The summed E-state index contributed by atoms with van der Waals surface area (Å²) in [4.78, 5) is 44.3. The van der Waals surface area contributed by atoms with Gasteiger partial charge in [0.25, 0.3) is 5.91 Å². The summed E-state index contributed by atoms with van der Waals surface area (Å²) in [5, 5.41) is 23.4. The fourth-order valence-electron chi connectivity index (χ4n) is 6.49. The third-order valence-electron chi connectivity index (χ3n) is 8.30. The number of nitrogens with one attached hydrogen (secondary N) is 2. The normalized spacial score (nSPS) is 27.0. The van der Waals surface area contributed by atoms with E-state index in [1.807, 2.05) is 24.3 Å². The summed E-state index contributed by atoms with van der Waals surface area (Å²) in [6.07, 6.45) is 3.61. The molecule has 0 bridgehead atoms. The zero-order valence-corrected chi connectivity index (χ0v) is 20.4. The van der Waals surface area contributed by atoms with Gasteiger partial charge >= 0.3 is 0 Å². The van der Waals surface area contributed by atoms with Crippen molar-refractivity contribution in [3.05, 3.63) is 30.0 Å². The molecule has 2 saturated carbocycles. The van der Waals surface area contributed by atoms with Gasteiger partial charge in [-0.2, -0.15) is 5.26 Å². The highest BCUT2D eigenvalue weighted by molar-refractivity contribution is 6.02. The minimum Gasteiger partial charge on any atom is -0.496 e. The van der Waals surface area contributed by atoms with E-state index in [-0.39, 0.29) is 41.8 Å². The van der Waals surface area contributed by atoms with Crippen LogP contribution in [0, 0.1) is 29.1 Å². The lowest BCUT2D eigenvalue weighted by Gasteiger charge is -2.30. The molecule has 2 amide bonds. The maximum atomic E-state index is 13.7. The summed E-state index contributed by atoms with van der Waals surface area (Å²) in [5.74, 6) is 0.148. The number of amides is 2. The van der Waals surface area contributed by atoms with Gasteiger partial charge in [0.1, 0.15) is 23.3 Å². The number of H-pyrrole nitrogens is 1. The molecule has 5 rings (SSSR count). The van der Waals surface area contributed by atoms with E-state index in [1.165, 1.54) is 0 Å². The largest absolute Gasteiger partial charge is 0.496 e. The van der Waals surface area contributed by atoms with Gasteiger partial charge in [-0.3, -0.25) is 14.4 Å². The van der Waals surface area contributed by atoms with E-state index in [4.69, 9.17) is 4.74 Å². The van der Waals surface area contributed by atoms with Crippen LogP contribution in [0.15, 0.2) is 24.3 Å². The molecule has 6 unspecified atom stereocenters. The van der Waals surface area contributed by atoms with Gasteiger partial charge in [-0.05, 0) is 62.1 Å². The standard InChI is InChI=1S/C27H32N4O5/c1-36-24-10-4-8-19-18(24)12-21(29-19)27(35)31-14-16-6-2-7-17(16)25(31)26(34)30-20(23(33)13-28)11-15-5-3-9-22(15)32/h4,8,10,12,15-17,20,23,25,29,33H,2-3,5-7,9,11,14H2,1H3,(H,30,34). The van der Waals surface area contributed by atoms with Crippen molar-refractivity contribution in [2.45, 2.75) is 63.1 Å². The highest BCUT2D eigenvalue weighted by atomic mass is 16.5. The van der Waals surface area contributed by atoms with Gasteiger partial charge in [0, 0.05) is 29.8 Å². The van der Waals surface area contributed by atoms with Crippen LogP contribution in [-0.4, -0.2) is 64.4 Å². The first kappa shape index (κ1) is 24.3. The average Bonchev–Trinajstić information content (AvgIpc) is 3.66. The van der Waals surface area contributed by atoms with Crippen LogP contribution in [0.3, 0.4) is 0 Å². The first-order valence-electron chi connectivity index (χ1n) is 12.8. The van der Waals surface area contributed by atoms with E-state index < -0.39 is 18.2 Å². The van der Waals surface area contributed by atoms with E-state index >= 15 is 0 Å². The Kier molecular flexibility index (Phi) is 6.71. The predicted octanol–water partition coefficient (Wildman–Crippen LogP) is 2.55. The second kappa shape index (κ2) is 9.94. The van der Waals surface area contributed by atoms with Crippen molar-refractivity contribution in [2.24, 2.45) is 17.8 Å². The number of fused-ring (bicyclic) bond motifs is 2. The molecule has 1 aromatic heterocycles. The average molecular weight is 493 g/mol. The lowest BCUT2D eigenvalue weighted by Crippen LogP contribution is -2.54. The molecule has 9 nitrogen and oxygen atoms in total. The smallest absolute Gasteiger partial charge is 0.271 e. The lowest BCUT2D eigenvalue weighted by molar-refractivity contribution is -0.128. The number of likely N-dealkylation sites (tertiary alicyclic amines) is 1. The van der Waals surface area contributed by atoms with E-state index in [0.717, 1.165) is 36.6 Å². The van der Waals surface area contributed by atoms with Gasteiger partial charge in [-0.25, -0.2) is 0 Å². The van der Waals surface area contributed by atoms with Gasteiger partial charge in [-0.15, -0.1) is 0 Å². The van der Waals surface area contributed by atoms with E-state index in [0.29, 0.717) is 30.8 Å².